The van der Waals surface area contributed by atoms with Crippen molar-refractivity contribution < 1.29 is 24.2 Å². The minimum Gasteiger partial charge on any atom is -0.493 e. The zero-order valence-corrected chi connectivity index (χ0v) is 12.1. The molecule has 1 aliphatic rings. The fourth-order valence-corrected chi connectivity index (χ4v) is 2.74. The van der Waals surface area contributed by atoms with Gasteiger partial charge in [0.15, 0.2) is 11.5 Å². The van der Waals surface area contributed by atoms with E-state index in [-0.39, 0.29) is 11.9 Å². The Kier molecular flexibility index (Phi) is 4.67. The fourth-order valence-electron chi connectivity index (χ4n) is 2.74. The third-order valence-corrected chi connectivity index (χ3v) is 3.80. The molecule has 114 valence electrons. The second-order valence-corrected chi connectivity index (χ2v) is 5.00. The number of para-hydroxylation sites is 1. The highest BCUT2D eigenvalue weighted by molar-refractivity contribution is 5.98. The summed E-state index contributed by atoms with van der Waals surface area (Å²) in [5.41, 5.74) is 0.341. The van der Waals surface area contributed by atoms with E-state index in [9.17, 15) is 9.59 Å². The number of carboxylic acids is 1. The SMILES string of the molecule is COc1cccc(C(=O)NC2CCCC2C(=O)O)c1OC. The lowest BCUT2D eigenvalue weighted by Crippen LogP contribution is -2.40. The molecule has 0 saturated heterocycles. The Balaban J connectivity index is 2.19. The van der Waals surface area contributed by atoms with Crippen LogP contribution in [0.25, 0.3) is 0 Å². The molecule has 1 fully saturated rings. The van der Waals surface area contributed by atoms with E-state index in [0.717, 1.165) is 6.42 Å². The smallest absolute Gasteiger partial charge is 0.308 e. The van der Waals surface area contributed by atoms with Gasteiger partial charge in [-0.3, -0.25) is 9.59 Å². The van der Waals surface area contributed by atoms with E-state index in [1.54, 1.807) is 18.2 Å². The van der Waals surface area contributed by atoms with Crippen LogP contribution in [0.3, 0.4) is 0 Å². The van der Waals surface area contributed by atoms with E-state index < -0.39 is 11.9 Å². The quantitative estimate of drug-likeness (QED) is 0.863. The summed E-state index contributed by atoms with van der Waals surface area (Å²) < 4.78 is 10.4. The maximum atomic E-state index is 12.4. The van der Waals surface area contributed by atoms with Crippen LogP contribution in [0.1, 0.15) is 29.6 Å². The first-order chi connectivity index (χ1) is 10.1. The molecular weight excluding hydrogens is 274 g/mol. The van der Waals surface area contributed by atoms with Gasteiger partial charge >= 0.3 is 5.97 Å². The first-order valence-electron chi connectivity index (χ1n) is 6.83. The van der Waals surface area contributed by atoms with Crippen molar-refractivity contribution in [1.29, 1.82) is 0 Å². The summed E-state index contributed by atoms with van der Waals surface area (Å²) in [7, 11) is 2.96. The molecule has 2 N–H and O–H groups in total. The van der Waals surface area contributed by atoms with Crippen LogP contribution < -0.4 is 14.8 Å². The van der Waals surface area contributed by atoms with Crippen molar-refractivity contribution in [3.05, 3.63) is 23.8 Å². The van der Waals surface area contributed by atoms with Gasteiger partial charge in [-0.2, -0.15) is 0 Å². The molecule has 1 aromatic rings. The maximum absolute atomic E-state index is 12.4. The largest absolute Gasteiger partial charge is 0.493 e. The third kappa shape index (κ3) is 3.09. The second kappa shape index (κ2) is 6.47. The number of methoxy groups -OCH3 is 2. The Labute approximate surface area is 123 Å². The number of benzene rings is 1. The molecule has 6 nitrogen and oxygen atoms in total. The van der Waals surface area contributed by atoms with Crippen LogP contribution in [0.5, 0.6) is 11.5 Å². The van der Waals surface area contributed by atoms with Crippen LogP contribution in [0.2, 0.25) is 0 Å². The van der Waals surface area contributed by atoms with Gasteiger partial charge in [0.05, 0.1) is 25.7 Å². The molecule has 1 aliphatic carbocycles. The minimum absolute atomic E-state index is 0.341. The number of hydrogen-bond acceptors (Lipinski definition) is 4. The highest BCUT2D eigenvalue weighted by Gasteiger charge is 2.34. The molecule has 0 bridgehead atoms. The monoisotopic (exact) mass is 293 g/mol. The summed E-state index contributed by atoms with van der Waals surface area (Å²) in [5.74, 6) is -0.918. The Hall–Kier alpha value is -2.24. The minimum atomic E-state index is -0.865. The van der Waals surface area contributed by atoms with Gasteiger partial charge in [0, 0.05) is 6.04 Å². The number of ether oxygens (including phenoxy) is 2. The van der Waals surface area contributed by atoms with Crippen molar-refractivity contribution in [2.24, 2.45) is 5.92 Å². The van der Waals surface area contributed by atoms with E-state index in [2.05, 4.69) is 5.32 Å². The van der Waals surface area contributed by atoms with E-state index >= 15 is 0 Å². The third-order valence-electron chi connectivity index (χ3n) is 3.80. The lowest BCUT2D eigenvalue weighted by molar-refractivity contribution is -0.142. The number of nitrogens with one attached hydrogen (secondary N) is 1. The Morgan fingerprint density at radius 1 is 1.24 bits per heavy atom. The van der Waals surface area contributed by atoms with Gasteiger partial charge in [-0.25, -0.2) is 0 Å². The normalized spacial score (nSPS) is 20.9. The van der Waals surface area contributed by atoms with Gasteiger partial charge in [0.1, 0.15) is 0 Å². The second-order valence-electron chi connectivity index (χ2n) is 5.00. The van der Waals surface area contributed by atoms with Gasteiger partial charge in [0.25, 0.3) is 5.91 Å². The average molecular weight is 293 g/mol. The van der Waals surface area contributed by atoms with Crippen LogP contribution >= 0.6 is 0 Å². The number of rotatable bonds is 5. The zero-order chi connectivity index (χ0) is 15.4. The highest BCUT2D eigenvalue weighted by Crippen LogP contribution is 2.31. The van der Waals surface area contributed by atoms with Gasteiger partial charge in [-0.05, 0) is 25.0 Å². The van der Waals surface area contributed by atoms with Crippen molar-refractivity contribution >= 4 is 11.9 Å². The molecule has 0 aliphatic heterocycles. The molecule has 2 unspecified atom stereocenters. The van der Waals surface area contributed by atoms with Gasteiger partial charge in [-0.15, -0.1) is 0 Å². The molecule has 0 aromatic heterocycles. The molecule has 0 spiro atoms. The average Bonchev–Trinajstić information content (AvgIpc) is 2.94. The van der Waals surface area contributed by atoms with Gasteiger partial charge in [-0.1, -0.05) is 12.5 Å². The van der Waals surface area contributed by atoms with Crippen molar-refractivity contribution in [1.82, 2.24) is 5.32 Å². The summed E-state index contributed by atoms with van der Waals surface area (Å²) >= 11 is 0. The predicted octanol–water partition coefficient (Wildman–Crippen LogP) is 1.69. The predicted molar refractivity (Wildman–Crippen MR) is 75.8 cm³/mol. The summed E-state index contributed by atoms with van der Waals surface area (Å²) in [4.78, 5) is 23.5. The molecule has 1 aromatic carbocycles. The number of hydrogen-bond donors (Lipinski definition) is 2. The van der Waals surface area contributed by atoms with Crippen LogP contribution in [-0.4, -0.2) is 37.2 Å². The highest BCUT2D eigenvalue weighted by atomic mass is 16.5. The summed E-state index contributed by atoms with van der Waals surface area (Å²) in [5, 5.41) is 12.0. The van der Waals surface area contributed by atoms with Gasteiger partial charge in [0.2, 0.25) is 0 Å². The van der Waals surface area contributed by atoms with Crippen LogP contribution in [0.15, 0.2) is 18.2 Å². The maximum Gasteiger partial charge on any atom is 0.308 e. The molecule has 6 heteroatoms. The van der Waals surface area contributed by atoms with Crippen LogP contribution in [-0.2, 0) is 4.79 Å². The molecule has 0 radical (unpaired) electrons. The summed E-state index contributed by atoms with van der Waals surface area (Å²) in [6.07, 6.45) is 2.07. The number of amides is 1. The van der Waals surface area contributed by atoms with Crippen LogP contribution in [0, 0.1) is 5.92 Å². The molecular formula is C15H19NO5. The molecule has 1 amide bonds. The molecule has 21 heavy (non-hydrogen) atoms. The fraction of sp³-hybridized carbons (Fsp3) is 0.467. The van der Waals surface area contributed by atoms with E-state index in [0.29, 0.717) is 29.9 Å². The van der Waals surface area contributed by atoms with Crippen molar-refractivity contribution in [3.63, 3.8) is 0 Å². The number of carbonyl (C=O) groups excluding carboxylic acids is 1. The Morgan fingerprint density at radius 3 is 2.62 bits per heavy atom. The summed E-state index contributed by atoms with van der Waals surface area (Å²) in [6.45, 7) is 0. The number of carbonyl (C=O) groups is 2. The first kappa shape index (κ1) is 15.2. The summed E-state index contributed by atoms with van der Waals surface area (Å²) in [6, 6.07) is 4.68. The molecule has 0 heterocycles. The lowest BCUT2D eigenvalue weighted by atomic mass is 10.0. The first-order valence-corrected chi connectivity index (χ1v) is 6.83. The van der Waals surface area contributed by atoms with E-state index in [1.165, 1.54) is 14.2 Å². The van der Waals surface area contributed by atoms with E-state index in [4.69, 9.17) is 14.6 Å². The van der Waals surface area contributed by atoms with Gasteiger partial charge < -0.3 is 19.9 Å². The van der Waals surface area contributed by atoms with Crippen molar-refractivity contribution in [3.8, 4) is 11.5 Å². The molecule has 1 saturated carbocycles. The Morgan fingerprint density at radius 2 is 2.00 bits per heavy atom. The van der Waals surface area contributed by atoms with Crippen LogP contribution in [0.4, 0.5) is 0 Å². The van der Waals surface area contributed by atoms with Crippen molar-refractivity contribution in [2.75, 3.05) is 14.2 Å². The molecule has 2 atom stereocenters. The lowest BCUT2D eigenvalue weighted by Gasteiger charge is -2.19. The number of aliphatic carboxylic acids is 1. The zero-order valence-electron chi connectivity index (χ0n) is 12.1. The standard InChI is InChI=1S/C15H19NO5/c1-20-12-8-4-6-10(13(12)21-2)14(17)16-11-7-3-5-9(11)15(18)19/h4,6,8-9,11H,3,5,7H2,1-2H3,(H,16,17)(H,18,19). The number of carboxylic acid groups (broad SMARTS) is 1. The van der Waals surface area contributed by atoms with E-state index in [1.807, 2.05) is 0 Å². The topological polar surface area (TPSA) is 84.9 Å². The Bertz CT molecular complexity index is 543. The van der Waals surface area contributed by atoms with Crippen molar-refractivity contribution in [2.45, 2.75) is 25.3 Å². The molecule has 2 rings (SSSR count).